The van der Waals surface area contributed by atoms with E-state index in [-0.39, 0.29) is 5.56 Å². The fourth-order valence-electron chi connectivity index (χ4n) is 2.61. The predicted molar refractivity (Wildman–Crippen MR) is 88.5 cm³/mol. The van der Waals surface area contributed by atoms with Crippen molar-refractivity contribution in [1.82, 2.24) is 14.7 Å². The summed E-state index contributed by atoms with van der Waals surface area (Å²) in [6.07, 6.45) is -1.21. The molecule has 0 aliphatic rings. The van der Waals surface area contributed by atoms with E-state index in [1.807, 2.05) is 5.32 Å². The molecule has 0 radical (unpaired) electrons. The highest BCUT2D eigenvalue weighted by Gasteiger charge is 2.35. The summed E-state index contributed by atoms with van der Waals surface area (Å²) in [5, 5.41) is 20.5. The van der Waals surface area contributed by atoms with Crippen LogP contribution in [-0.4, -0.2) is 43.6 Å². The number of carboxylic acid groups (broad SMARTS) is 1. The van der Waals surface area contributed by atoms with Crippen LogP contribution in [0.1, 0.15) is 23.0 Å². The van der Waals surface area contributed by atoms with Crippen molar-refractivity contribution in [3.05, 3.63) is 48.3 Å². The number of nitrogens with one attached hydrogen (secondary N) is 1. The Labute approximate surface area is 155 Å². The molecule has 3 rings (SSSR count). The van der Waals surface area contributed by atoms with Crippen LogP contribution in [0, 0.1) is 0 Å². The first kappa shape index (κ1) is 19.4. The third-order valence-electron chi connectivity index (χ3n) is 3.98. The first-order valence-electron chi connectivity index (χ1n) is 7.92. The van der Waals surface area contributed by atoms with E-state index in [1.54, 1.807) is 0 Å². The summed E-state index contributed by atoms with van der Waals surface area (Å²) < 4.78 is 46.4. The molecule has 148 valence electrons. The van der Waals surface area contributed by atoms with Gasteiger partial charge in [0.1, 0.15) is 11.3 Å². The standard InChI is InChI=1S/C17H14F3N3O5/c1-8(24)13(16(26)27)22-15(25)12-6-23-5-10(9-2-3-28-7-9)4-11(14(23)21-12)17(18,19)20/h2-8,13,24H,1H3,(H,22,25)(H,26,27). The molecular formula is C17H14F3N3O5. The molecule has 3 heterocycles. The number of amides is 1. The lowest BCUT2D eigenvalue weighted by Gasteiger charge is -2.15. The number of carbonyl (C=O) groups is 2. The molecule has 0 spiro atoms. The molecule has 3 aromatic rings. The molecule has 3 N–H and O–H groups in total. The number of nitrogens with zero attached hydrogens (tertiary/aromatic N) is 2. The minimum atomic E-state index is -4.75. The van der Waals surface area contributed by atoms with Crippen LogP contribution in [0.15, 0.2) is 41.5 Å². The number of hydrogen-bond acceptors (Lipinski definition) is 5. The largest absolute Gasteiger partial charge is 0.480 e. The first-order valence-corrected chi connectivity index (χ1v) is 7.92. The second kappa shape index (κ2) is 7.00. The fraction of sp³-hybridized carbons (Fsp3) is 0.235. The molecule has 11 heteroatoms. The minimum absolute atomic E-state index is 0.185. The van der Waals surface area contributed by atoms with E-state index in [2.05, 4.69) is 4.98 Å². The van der Waals surface area contributed by atoms with Crippen molar-refractivity contribution in [2.24, 2.45) is 0 Å². The molecule has 0 bridgehead atoms. The second-order valence-electron chi connectivity index (χ2n) is 6.04. The van der Waals surface area contributed by atoms with Gasteiger partial charge in [-0.15, -0.1) is 0 Å². The minimum Gasteiger partial charge on any atom is -0.480 e. The maximum atomic E-state index is 13.5. The molecule has 0 saturated heterocycles. The van der Waals surface area contributed by atoms with Gasteiger partial charge in [-0.2, -0.15) is 13.2 Å². The number of hydrogen-bond donors (Lipinski definition) is 3. The summed E-state index contributed by atoms with van der Waals surface area (Å²) in [7, 11) is 0. The fourth-order valence-corrected chi connectivity index (χ4v) is 2.61. The third kappa shape index (κ3) is 3.69. The number of aromatic nitrogens is 2. The van der Waals surface area contributed by atoms with E-state index in [0.717, 1.165) is 23.6 Å². The maximum Gasteiger partial charge on any atom is 0.420 e. The van der Waals surface area contributed by atoms with E-state index >= 15 is 0 Å². The molecule has 0 aromatic carbocycles. The van der Waals surface area contributed by atoms with Gasteiger partial charge in [-0.05, 0) is 19.1 Å². The van der Waals surface area contributed by atoms with Crippen LogP contribution < -0.4 is 5.32 Å². The van der Waals surface area contributed by atoms with Crippen molar-refractivity contribution < 1.29 is 37.4 Å². The van der Waals surface area contributed by atoms with Gasteiger partial charge in [-0.1, -0.05) is 0 Å². The molecule has 0 aliphatic carbocycles. The number of pyridine rings is 1. The lowest BCUT2D eigenvalue weighted by atomic mass is 10.1. The molecule has 8 nitrogen and oxygen atoms in total. The Balaban J connectivity index is 2.07. The van der Waals surface area contributed by atoms with Gasteiger partial charge in [0.25, 0.3) is 5.91 Å². The van der Waals surface area contributed by atoms with Crippen LogP contribution in [0.2, 0.25) is 0 Å². The molecular weight excluding hydrogens is 383 g/mol. The number of halogens is 3. The van der Waals surface area contributed by atoms with Gasteiger partial charge in [0.15, 0.2) is 6.04 Å². The monoisotopic (exact) mass is 397 g/mol. The molecule has 2 atom stereocenters. The Hall–Kier alpha value is -3.34. The SMILES string of the molecule is CC(O)C(NC(=O)c1cn2cc(-c3ccoc3)cc(C(F)(F)F)c2n1)C(=O)O. The van der Waals surface area contributed by atoms with Crippen molar-refractivity contribution in [1.29, 1.82) is 0 Å². The highest BCUT2D eigenvalue weighted by molar-refractivity contribution is 5.95. The van der Waals surface area contributed by atoms with Gasteiger partial charge in [0.05, 0.1) is 24.2 Å². The van der Waals surface area contributed by atoms with Crippen LogP contribution in [0.4, 0.5) is 13.2 Å². The number of imidazole rings is 1. The molecule has 28 heavy (non-hydrogen) atoms. The van der Waals surface area contributed by atoms with Crippen LogP contribution in [-0.2, 0) is 11.0 Å². The molecule has 2 unspecified atom stereocenters. The summed E-state index contributed by atoms with van der Waals surface area (Å²) in [6.45, 7) is 1.15. The number of rotatable bonds is 5. The summed E-state index contributed by atoms with van der Waals surface area (Å²) in [5.74, 6) is -2.53. The topological polar surface area (TPSA) is 117 Å². The Morgan fingerprint density at radius 3 is 2.54 bits per heavy atom. The first-order chi connectivity index (χ1) is 13.1. The van der Waals surface area contributed by atoms with E-state index in [4.69, 9.17) is 9.52 Å². The van der Waals surface area contributed by atoms with Gasteiger partial charge >= 0.3 is 12.1 Å². The van der Waals surface area contributed by atoms with Crippen molar-refractivity contribution in [2.75, 3.05) is 0 Å². The number of furan rings is 1. The summed E-state index contributed by atoms with van der Waals surface area (Å²) in [6, 6.07) is 0.720. The molecule has 0 fully saturated rings. The van der Waals surface area contributed by atoms with Crippen molar-refractivity contribution in [3.63, 3.8) is 0 Å². The van der Waals surface area contributed by atoms with Crippen LogP contribution >= 0.6 is 0 Å². The van der Waals surface area contributed by atoms with E-state index in [1.165, 1.54) is 24.8 Å². The molecule has 1 amide bonds. The number of aliphatic carboxylic acids is 1. The van der Waals surface area contributed by atoms with E-state index < -0.39 is 47.1 Å². The number of carbonyl (C=O) groups excluding carboxylic acids is 1. The smallest absolute Gasteiger partial charge is 0.420 e. The third-order valence-corrected chi connectivity index (χ3v) is 3.98. The normalized spacial score (nSPS) is 14.0. The van der Waals surface area contributed by atoms with Crippen molar-refractivity contribution in [2.45, 2.75) is 25.2 Å². The second-order valence-corrected chi connectivity index (χ2v) is 6.04. The van der Waals surface area contributed by atoms with Gasteiger partial charge in [0.2, 0.25) is 0 Å². The van der Waals surface area contributed by atoms with Gasteiger partial charge < -0.3 is 24.3 Å². The van der Waals surface area contributed by atoms with Gasteiger partial charge in [-0.25, -0.2) is 9.78 Å². The Kier molecular flexibility index (Phi) is 4.86. The highest BCUT2D eigenvalue weighted by Crippen LogP contribution is 2.35. The Morgan fingerprint density at radius 2 is 2.00 bits per heavy atom. The Bertz CT molecular complexity index is 1020. The predicted octanol–water partition coefficient (Wildman–Crippen LogP) is 2.18. The average Bonchev–Trinajstić information content (AvgIpc) is 3.25. The number of aliphatic hydroxyl groups excluding tert-OH is 1. The van der Waals surface area contributed by atoms with Gasteiger partial charge in [-0.3, -0.25) is 4.79 Å². The maximum absolute atomic E-state index is 13.5. The van der Waals surface area contributed by atoms with E-state index in [9.17, 15) is 27.9 Å². The molecule has 0 aliphatic heterocycles. The van der Waals surface area contributed by atoms with Crippen LogP contribution in [0.5, 0.6) is 0 Å². The number of alkyl halides is 3. The molecule has 3 aromatic heterocycles. The number of carboxylic acids is 1. The quantitative estimate of drug-likeness (QED) is 0.608. The summed E-state index contributed by atoms with van der Waals surface area (Å²) in [5.41, 5.74) is -1.44. The highest BCUT2D eigenvalue weighted by atomic mass is 19.4. The van der Waals surface area contributed by atoms with E-state index in [0.29, 0.717) is 5.56 Å². The lowest BCUT2D eigenvalue weighted by molar-refractivity contribution is -0.142. The number of fused-ring (bicyclic) bond motifs is 1. The zero-order valence-electron chi connectivity index (χ0n) is 14.3. The van der Waals surface area contributed by atoms with Crippen molar-refractivity contribution in [3.8, 4) is 11.1 Å². The zero-order chi connectivity index (χ0) is 20.6. The average molecular weight is 397 g/mol. The summed E-state index contributed by atoms with van der Waals surface area (Å²) in [4.78, 5) is 27.0. The van der Waals surface area contributed by atoms with Crippen molar-refractivity contribution >= 4 is 17.5 Å². The molecule has 0 saturated carbocycles. The number of aliphatic hydroxyl groups is 1. The van der Waals surface area contributed by atoms with Gasteiger partial charge in [0, 0.05) is 23.5 Å². The Morgan fingerprint density at radius 1 is 1.29 bits per heavy atom. The lowest BCUT2D eigenvalue weighted by Crippen LogP contribution is -2.47. The summed E-state index contributed by atoms with van der Waals surface area (Å²) >= 11 is 0. The van der Waals surface area contributed by atoms with Crippen LogP contribution in [0.3, 0.4) is 0 Å². The zero-order valence-corrected chi connectivity index (χ0v) is 14.3. The van der Waals surface area contributed by atoms with Crippen LogP contribution in [0.25, 0.3) is 16.8 Å².